The first kappa shape index (κ1) is 16.3. The van der Waals surface area contributed by atoms with E-state index in [2.05, 4.69) is 0 Å². The standard InChI is InChI=1S/C13H15Cl2NO.C2H6/c1-8-10(5-6-16(2)13(8)17)9-3-4-11(14)12(15)7-9;1-2/h3-4,7-8,10H,5-6H2,1-2H3;1-2H3/t8-,10-;/m0./s1. The molecule has 0 spiro atoms. The van der Waals surface area contributed by atoms with E-state index in [1.54, 1.807) is 11.0 Å². The van der Waals surface area contributed by atoms with Gasteiger partial charge in [-0.3, -0.25) is 4.79 Å². The first-order valence-electron chi connectivity index (χ1n) is 6.70. The first-order chi connectivity index (χ1) is 9.00. The summed E-state index contributed by atoms with van der Waals surface area (Å²) >= 11 is 11.9. The van der Waals surface area contributed by atoms with E-state index in [0.29, 0.717) is 10.0 Å². The van der Waals surface area contributed by atoms with E-state index in [9.17, 15) is 4.79 Å². The highest BCUT2D eigenvalue weighted by Crippen LogP contribution is 2.35. The van der Waals surface area contributed by atoms with Crippen LogP contribution in [0.25, 0.3) is 0 Å². The number of carbonyl (C=O) groups excluding carboxylic acids is 1. The normalized spacial score (nSPS) is 22.8. The molecule has 1 aliphatic heterocycles. The number of hydrogen-bond acceptors (Lipinski definition) is 1. The van der Waals surface area contributed by atoms with Crippen LogP contribution < -0.4 is 0 Å². The summed E-state index contributed by atoms with van der Waals surface area (Å²) in [5.41, 5.74) is 1.10. The molecule has 1 aliphatic rings. The minimum Gasteiger partial charge on any atom is -0.345 e. The van der Waals surface area contributed by atoms with Crippen molar-refractivity contribution in [2.45, 2.75) is 33.1 Å². The number of amides is 1. The van der Waals surface area contributed by atoms with Crippen LogP contribution in [0.3, 0.4) is 0 Å². The molecule has 0 saturated carbocycles. The SMILES string of the molecule is CC.C[C@@H]1C(=O)N(C)CC[C@@H]1c1ccc(Cl)c(Cl)c1. The molecule has 0 aliphatic carbocycles. The van der Waals surface area contributed by atoms with Gasteiger partial charge in [-0.15, -0.1) is 0 Å². The molecule has 0 bridgehead atoms. The number of hydrogen-bond donors (Lipinski definition) is 0. The zero-order valence-corrected chi connectivity index (χ0v) is 13.4. The van der Waals surface area contributed by atoms with Gasteiger partial charge in [0.05, 0.1) is 10.0 Å². The quantitative estimate of drug-likeness (QED) is 0.742. The van der Waals surface area contributed by atoms with Crippen molar-refractivity contribution in [1.82, 2.24) is 4.90 Å². The fraction of sp³-hybridized carbons (Fsp3) is 0.533. The smallest absolute Gasteiger partial charge is 0.225 e. The molecule has 2 nitrogen and oxygen atoms in total. The number of rotatable bonds is 1. The Morgan fingerprint density at radius 3 is 2.42 bits per heavy atom. The van der Waals surface area contributed by atoms with Gasteiger partial charge in [0, 0.05) is 19.5 Å². The molecule has 1 heterocycles. The van der Waals surface area contributed by atoms with Gasteiger partial charge in [0.2, 0.25) is 5.91 Å². The van der Waals surface area contributed by atoms with Gasteiger partial charge in [0.15, 0.2) is 0 Å². The van der Waals surface area contributed by atoms with E-state index in [0.717, 1.165) is 18.5 Å². The van der Waals surface area contributed by atoms with Crippen LogP contribution >= 0.6 is 23.2 Å². The number of carbonyl (C=O) groups is 1. The summed E-state index contributed by atoms with van der Waals surface area (Å²) in [6, 6.07) is 5.65. The molecule has 0 unspecified atom stereocenters. The fourth-order valence-corrected chi connectivity index (χ4v) is 2.72. The second-order valence-electron chi connectivity index (χ2n) is 4.62. The number of likely N-dealkylation sites (tertiary alicyclic amines) is 1. The van der Waals surface area contributed by atoms with Crippen LogP contribution in [0.1, 0.15) is 38.7 Å². The van der Waals surface area contributed by atoms with Crippen LogP contribution in [-0.4, -0.2) is 24.4 Å². The Labute approximate surface area is 125 Å². The molecular formula is C15H21Cl2NO. The monoisotopic (exact) mass is 301 g/mol. The van der Waals surface area contributed by atoms with Crippen molar-refractivity contribution in [3.63, 3.8) is 0 Å². The van der Waals surface area contributed by atoms with Crippen LogP contribution in [0, 0.1) is 5.92 Å². The summed E-state index contributed by atoms with van der Waals surface area (Å²) < 4.78 is 0. The molecule has 0 aromatic heterocycles. The lowest BCUT2D eigenvalue weighted by Gasteiger charge is -2.34. The number of piperidine rings is 1. The first-order valence-corrected chi connectivity index (χ1v) is 7.46. The maximum absolute atomic E-state index is 11.9. The topological polar surface area (TPSA) is 20.3 Å². The average Bonchev–Trinajstić information content (AvgIpc) is 2.42. The second-order valence-corrected chi connectivity index (χ2v) is 5.43. The molecule has 1 aromatic rings. The summed E-state index contributed by atoms with van der Waals surface area (Å²) in [4.78, 5) is 13.7. The Balaban J connectivity index is 0.000000861. The van der Waals surface area contributed by atoms with Gasteiger partial charge in [-0.2, -0.15) is 0 Å². The van der Waals surface area contributed by atoms with Gasteiger partial charge >= 0.3 is 0 Å². The van der Waals surface area contributed by atoms with Crippen molar-refractivity contribution < 1.29 is 4.79 Å². The van der Waals surface area contributed by atoms with Gasteiger partial charge in [-0.05, 0) is 30.0 Å². The maximum Gasteiger partial charge on any atom is 0.225 e. The van der Waals surface area contributed by atoms with E-state index >= 15 is 0 Å². The maximum atomic E-state index is 11.9. The predicted molar refractivity (Wildman–Crippen MR) is 82.0 cm³/mol. The highest BCUT2D eigenvalue weighted by molar-refractivity contribution is 6.42. The Morgan fingerprint density at radius 2 is 1.84 bits per heavy atom. The van der Waals surface area contributed by atoms with Crippen molar-refractivity contribution in [2.24, 2.45) is 5.92 Å². The molecule has 106 valence electrons. The summed E-state index contributed by atoms with van der Waals surface area (Å²) in [7, 11) is 1.85. The zero-order chi connectivity index (χ0) is 14.6. The lowest BCUT2D eigenvalue weighted by Crippen LogP contribution is -2.41. The van der Waals surface area contributed by atoms with E-state index in [-0.39, 0.29) is 17.7 Å². The molecule has 2 rings (SSSR count). The summed E-state index contributed by atoms with van der Waals surface area (Å²) in [6.45, 7) is 6.78. The zero-order valence-electron chi connectivity index (χ0n) is 11.9. The van der Waals surface area contributed by atoms with Gasteiger partial charge in [-0.25, -0.2) is 0 Å². The van der Waals surface area contributed by atoms with Crippen molar-refractivity contribution in [2.75, 3.05) is 13.6 Å². The third-order valence-electron chi connectivity index (χ3n) is 3.52. The van der Waals surface area contributed by atoms with Gasteiger partial charge in [0.1, 0.15) is 0 Å². The molecule has 19 heavy (non-hydrogen) atoms. The van der Waals surface area contributed by atoms with Crippen LogP contribution in [0.5, 0.6) is 0 Å². The minimum atomic E-state index is 0.00555. The highest BCUT2D eigenvalue weighted by atomic mass is 35.5. The predicted octanol–water partition coefficient (Wildman–Crippen LogP) is 4.60. The van der Waals surface area contributed by atoms with Gasteiger partial charge in [-0.1, -0.05) is 50.0 Å². The van der Waals surface area contributed by atoms with Crippen LogP contribution in [0.4, 0.5) is 0 Å². The van der Waals surface area contributed by atoms with E-state index in [1.807, 2.05) is 40.0 Å². The lowest BCUT2D eigenvalue weighted by atomic mass is 9.81. The Hall–Kier alpha value is -0.730. The second kappa shape index (κ2) is 7.16. The van der Waals surface area contributed by atoms with Crippen LogP contribution in [0.15, 0.2) is 18.2 Å². The Bertz CT molecular complexity index is 448. The summed E-state index contributed by atoms with van der Waals surface area (Å²) in [6.07, 6.45) is 0.974. The fourth-order valence-electron chi connectivity index (χ4n) is 2.41. The number of halogens is 2. The molecule has 1 aromatic carbocycles. The van der Waals surface area contributed by atoms with Crippen LogP contribution in [-0.2, 0) is 4.79 Å². The molecule has 0 radical (unpaired) electrons. The minimum absolute atomic E-state index is 0.00555. The van der Waals surface area contributed by atoms with E-state index < -0.39 is 0 Å². The molecule has 0 N–H and O–H groups in total. The van der Waals surface area contributed by atoms with Crippen LogP contribution in [0.2, 0.25) is 10.0 Å². The van der Waals surface area contributed by atoms with Crippen molar-refractivity contribution >= 4 is 29.1 Å². The third-order valence-corrected chi connectivity index (χ3v) is 4.26. The van der Waals surface area contributed by atoms with Crippen molar-refractivity contribution in [3.05, 3.63) is 33.8 Å². The molecular weight excluding hydrogens is 281 g/mol. The Kier molecular flexibility index (Phi) is 6.15. The number of nitrogens with zero attached hydrogens (tertiary/aromatic N) is 1. The lowest BCUT2D eigenvalue weighted by molar-refractivity contribution is -0.137. The highest BCUT2D eigenvalue weighted by Gasteiger charge is 2.32. The molecule has 1 fully saturated rings. The molecule has 1 amide bonds. The Morgan fingerprint density at radius 1 is 1.21 bits per heavy atom. The average molecular weight is 302 g/mol. The number of benzene rings is 1. The largest absolute Gasteiger partial charge is 0.345 e. The summed E-state index contributed by atoms with van der Waals surface area (Å²) in [5, 5.41) is 1.12. The molecule has 2 atom stereocenters. The summed E-state index contributed by atoms with van der Waals surface area (Å²) in [5.74, 6) is 0.451. The van der Waals surface area contributed by atoms with Gasteiger partial charge in [0.25, 0.3) is 0 Å². The van der Waals surface area contributed by atoms with E-state index in [1.165, 1.54) is 0 Å². The van der Waals surface area contributed by atoms with Crippen molar-refractivity contribution in [3.8, 4) is 0 Å². The van der Waals surface area contributed by atoms with Gasteiger partial charge < -0.3 is 4.90 Å². The molecule has 4 heteroatoms. The van der Waals surface area contributed by atoms with E-state index in [4.69, 9.17) is 23.2 Å². The third kappa shape index (κ3) is 3.64. The van der Waals surface area contributed by atoms with Crippen molar-refractivity contribution in [1.29, 1.82) is 0 Å². The molecule has 1 saturated heterocycles.